The molecule has 20 heavy (non-hydrogen) atoms. The summed E-state index contributed by atoms with van der Waals surface area (Å²) in [6.45, 7) is 6.07. The van der Waals surface area contributed by atoms with Gasteiger partial charge in [-0.2, -0.15) is 0 Å². The molecule has 0 aliphatic heterocycles. The zero-order valence-electron chi connectivity index (χ0n) is 11.9. The fourth-order valence-corrected chi connectivity index (χ4v) is 2.68. The summed E-state index contributed by atoms with van der Waals surface area (Å²) in [5.74, 6) is 0.0775. The van der Waals surface area contributed by atoms with Gasteiger partial charge in [0.05, 0.1) is 0 Å². The van der Waals surface area contributed by atoms with Crippen molar-refractivity contribution in [2.75, 3.05) is 0 Å². The number of hydrogen-bond acceptors (Lipinski definition) is 1. The van der Waals surface area contributed by atoms with Crippen LogP contribution in [0.15, 0.2) is 42.6 Å². The van der Waals surface area contributed by atoms with Gasteiger partial charge in [-0.05, 0) is 45.0 Å². The molecule has 0 spiro atoms. The molecule has 3 aromatic rings. The highest BCUT2D eigenvalue weighted by Gasteiger charge is 2.14. The van der Waals surface area contributed by atoms with Crippen LogP contribution >= 0.6 is 0 Å². The van der Waals surface area contributed by atoms with Crippen LogP contribution in [0.4, 0.5) is 0 Å². The largest absolute Gasteiger partial charge is 0.360 e. The Hall–Kier alpha value is -2.35. The number of nitrogens with one attached hydrogen (secondary N) is 1. The van der Waals surface area contributed by atoms with Crippen molar-refractivity contribution in [2.24, 2.45) is 0 Å². The van der Waals surface area contributed by atoms with E-state index in [2.05, 4.69) is 17.1 Å². The Morgan fingerprint density at radius 1 is 0.900 bits per heavy atom. The summed E-state index contributed by atoms with van der Waals surface area (Å²) in [6, 6.07) is 12.1. The molecule has 2 aromatic carbocycles. The van der Waals surface area contributed by atoms with E-state index in [1.807, 2.05) is 51.2 Å². The molecule has 1 aromatic heterocycles. The third-order valence-electron chi connectivity index (χ3n) is 3.57. The van der Waals surface area contributed by atoms with Crippen LogP contribution < -0.4 is 0 Å². The van der Waals surface area contributed by atoms with Gasteiger partial charge >= 0.3 is 0 Å². The average molecular weight is 263 g/mol. The number of benzene rings is 2. The van der Waals surface area contributed by atoms with Crippen LogP contribution in [-0.4, -0.2) is 10.8 Å². The highest BCUT2D eigenvalue weighted by Crippen LogP contribution is 2.23. The molecule has 3 rings (SSSR count). The zero-order valence-corrected chi connectivity index (χ0v) is 11.9. The van der Waals surface area contributed by atoms with Gasteiger partial charge in [0, 0.05) is 28.2 Å². The first-order valence-corrected chi connectivity index (χ1v) is 6.75. The fraction of sp³-hybridized carbons (Fsp3) is 0.167. The number of aromatic nitrogens is 1. The summed E-state index contributed by atoms with van der Waals surface area (Å²) in [5, 5.41) is 0.995. The Bertz CT molecular complexity index is 791. The summed E-state index contributed by atoms with van der Waals surface area (Å²) < 4.78 is 0. The van der Waals surface area contributed by atoms with Gasteiger partial charge in [0.25, 0.3) is 0 Å². The average Bonchev–Trinajstić information content (AvgIpc) is 2.79. The van der Waals surface area contributed by atoms with Crippen molar-refractivity contribution < 1.29 is 4.79 Å². The smallest absolute Gasteiger partial charge is 0.195 e. The lowest BCUT2D eigenvalue weighted by atomic mass is 9.98. The molecule has 0 amide bonds. The van der Waals surface area contributed by atoms with E-state index in [0.717, 1.165) is 38.7 Å². The normalized spacial score (nSPS) is 10.9. The van der Waals surface area contributed by atoms with Crippen molar-refractivity contribution in [3.63, 3.8) is 0 Å². The lowest BCUT2D eigenvalue weighted by molar-refractivity contribution is 0.104. The van der Waals surface area contributed by atoms with Crippen LogP contribution in [0, 0.1) is 20.8 Å². The van der Waals surface area contributed by atoms with Crippen molar-refractivity contribution in [3.8, 4) is 0 Å². The van der Waals surface area contributed by atoms with Gasteiger partial charge in [0.1, 0.15) is 0 Å². The van der Waals surface area contributed by atoms with E-state index in [4.69, 9.17) is 0 Å². The summed E-state index contributed by atoms with van der Waals surface area (Å²) in [4.78, 5) is 15.9. The second-order valence-electron chi connectivity index (χ2n) is 5.46. The molecule has 0 saturated carbocycles. The van der Waals surface area contributed by atoms with E-state index in [-0.39, 0.29) is 5.78 Å². The third kappa shape index (κ3) is 2.14. The van der Waals surface area contributed by atoms with Crippen molar-refractivity contribution in [1.29, 1.82) is 0 Å². The zero-order chi connectivity index (χ0) is 14.3. The minimum absolute atomic E-state index is 0.0775. The molecule has 0 bridgehead atoms. The highest BCUT2D eigenvalue weighted by atomic mass is 16.1. The summed E-state index contributed by atoms with van der Waals surface area (Å²) in [5.41, 5.74) is 5.89. The number of aromatic amines is 1. The number of fused-ring (bicyclic) bond motifs is 1. The van der Waals surface area contributed by atoms with Crippen molar-refractivity contribution >= 4 is 16.7 Å². The number of carbonyl (C=O) groups is 1. The highest BCUT2D eigenvalue weighted by molar-refractivity contribution is 6.16. The molecule has 0 saturated heterocycles. The fourth-order valence-electron chi connectivity index (χ4n) is 2.68. The van der Waals surface area contributed by atoms with Crippen molar-refractivity contribution in [1.82, 2.24) is 4.98 Å². The predicted molar refractivity (Wildman–Crippen MR) is 82.4 cm³/mol. The van der Waals surface area contributed by atoms with E-state index in [9.17, 15) is 4.79 Å². The van der Waals surface area contributed by atoms with Gasteiger partial charge in [-0.25, -0.2) is 0 Å². The Labute approximate surface area is 118 Å². The van der Waals surface area contributed by atoms with Gasteiger partial charge in [-0.3, -0.25) is 4.79 Å². The standard InChI is InChI=1S/C18H17NO/c1-11-4-5-17-15(9-11)16(10-19-17)18(20)14-7-12(2)6-13(3)8-14/h4-10,19H,1-3H3. The third-order valence-corrected chi connectivity index (χ3v) is 3.57. The van der Waals surface area contributed by atoms with E-state index < -0.39 is 0 Å². The second kappa shape index (κ2) is 4.64. The number of aryl methyl sites for hydroxylation is 3. The molecule has 2 heteroatoms. The minimum Gasteiger partial charge on any atom is -0.360 e. The molecule has 1 heterocycles. The molecule has 0 aliphatic rings. The maximum absolute atomic E-state index is 12.7. The van der Waals surface area contributed by atoms with Crippen LogP contribution in [0.1, 0.15) is 32.6 Å². The number of H-pyrrole nitrogens is 1. The van der Waals surface area contributed by atoms with Crippen LogP contribution in [0.3, 0.4) is 0 Å². The summed E-state index contributed by atoms with van der Waals surface area (Å²) in [7, 11) is 0. The summed E-state index contributed by atoms with van der Waals surface area (Å²) in [6.07, 6.45) is 1.81. The topological polar surface area (TPSA) is 32.9 Å². The quantitative estimate of drug-likeness (QED) is 0.686. The molecule has 0 fully saturated rings. The van der Waals surface area contributed by atoms with Crippen molar-refractivity contribution in [3.05, 3.63) is 70.4 Å². The molecule has 100 valence electrons. The Morgan fingerprint density at radius 3 is 2.30 bits per heavy atom. The van der Waals surface area contributed by atoms with Crippen LogP contribution in [0.25, 0.3) is 10.9 Å². The van der Waals surface area contributed by atoms with Crippen LogP contribution in [-0.2, 0) is 0 Å². The van der Waals surface area contributed by atoms with Gasteiger partial charge in [0.2, 0.25) is 0 Å². The van der Waals surface area contributed by atoms with E-state index in [1.165, 1.54) is 0 Å². The van der Waals surface area contributed by atoms with E-state index >= 15 is 0 Å². The number of ketones is 1. The van der Waals surface area contributed by atoms with Crippen LogP contribution in [0.5, 0.6) is 0 Å². The van der Waals surface area contributed by atoms with E-state index in [1.54, 1.807) is 0 Å². The SMILES string of the molecule is Cc1cc(C)cc(C(=O)c2c[nH]c3ccc(C)cc23)c1. The maximum atomic E-state index is 12.7. The lowest BCUT2D eigenvalue weighted by Crippen LogP contribution is -2.01. The number of rotatable bonds is 2. The second-order valence-corrected chi connectivity index (χ2v) is 5.46. The molecule has 1 N–H and O–H groups in total. The van der Waals surface area contributed by atoms with Gasteiger partial charge in [-0.15, -0.1) is 0 Å². The molecule has 2 nitrogen and oxygen atoms in total. The monoisotopic (exact) mass is 263 g/mol. The van der Waals surface area contributed by atoms with Crippen LogP contribution in [0.2, 0.25) is 0 Å². The summed E-state index contributed by atoms with van der Waals surface area (Å²) >= 11 is 0. The number of carbonyl (C=O) groups excluding carboxylic acids is 1. The molecule has 0 unspecified atom stereocenters. The molecule has 0 aliphatic carbocycles. The Kier molecular flexibility index (Phi) is 2.94. The molecular weight excluding hydrogens is 246 g/mol. The van der Waals surface area contributed by atoms with E-state index in [0.29, 0.717) is 0 Å². The lowest BCUT2D eigenvalue weighted by Gasteiger charge is -2.04. The predicted octanol–water partition coefficient (Wildman–Crippen LogP) is 4.32. The first kappa shape index (κ1) is 12.7. The molecule has 0 atom stereocenters. The first-order valence-electron chi connectivity index (χ1n) is 6.75. The Balaban J connectivity index is 2.15. The van der Waals surface area contributed by atoms with Gasteiger partial charge in [-0.1, -0.05) is 28.8 Å². The minimum atomic E-state index is 0.0775. The van der Waals surface area contributed by atoms with Crippen molar-refractivity contribution in [2.45, 2.75) is 20.8 Å². The van der Waals surface area contributed by atoms with Gasteiger partial charge in [0.15, 0.2) is 5.78 Å². The molecular formula is C18H17NO. The molecule has 0 radical (unpaired) electrons. The Morgan fingerprint density at radius 2 is 1.60 bits per heavy atom. The number of hydrogen-bond donors (Lipinski definition) is 1. The van der Waals surface area contributed by atoms with Gasteiger partial charge < -0.3 is 4.98 Å². The maximum Gasteiger partial charge on any atom is 0.195 e. The first-order chi connectivity index (χ1) is 9.54.